The summed E-state index contributed by atoms with van der Waals surface area (Å²) in [7, 11) is 0. The first-order valence-electron chi connectivity index (χ1n) is 8.06. The normalized spacial score (nSPS) is 17.2. The van der Waals surface area contributed by atoms with Crippen molar-refractivity contribution in [2.75, 3.05) is 19.1 Å². The minimum atomic E-state index is 0.888. The molecule has 3 nitrogen and oxygen atoms in total. The number of hydrogen-bond donors (Lipinski definition) is 1. The highest BCUT2D eigenvalue weighted by molar-refractivity contribution is 7.99. The number of aromatic nitrogens is 2. The van der Waals surface area contributed by atoms with Gasteiger partial charge in [0.25, 0.3) is 0 Å². The van der Waals surface area contributed by atoms with Gasteiger partial charge in [0.05, 0.1) is 11.4 Å². The molecule has 124 valence electrons. The molecule has 3 aromatic rings. The third kappa shape index (κ3) is 3.08. The van der Waals surface area contributed by atoms with Crippen molar-refractivity contribution < 1.29 is 4.90 Å². The van der Waals surface area contributed by atoms with Crippen LogP contribution in [0.5, 0.6) is 0 Å². The summed E-state index contributed by atoms with van der Waals surface area (Å²) in [6.07, 6.45) is 5.29. The van der Waals surface area contributed by atoms with Gasteiger partial charge in [-0.2, -0.15) is 0 Å². The molecule has 4 rings (SSSR count). The van der Waals surface area contributed by atoms with Gasteiger partial charge < -0.3 is 4.90 Å². The minimum absolute atomic E-state index is 0.888. The molecule has 0 spiro atoms. The van der Waals surface area contributed by atoms with Crippen molar-refractivity contribution in [1.82, 2.24) is 9.97 Å². The number of quaternary nitrogens is 1. The number of nitrogens with one attached hydrogen (secondary N) is 1. The highest BCUT2D eigenvalue weighted by Crippen LogP contribution is 2.37. The Bertz CT molecular complexity index is 861. The van der Waals surface area contributed by atoms with Gasteiger partial charge in [-0.1, -0.05) is 42.1 Å². The quantitative estimate of drug-likeness (QED) is 0.431. The van der Waals surface area contributed by atoms with Crippen molar-refractivity contribution in [2.45, 2.75) is 29.7 Å². The molecule has 1 aliphatic rings. The molecule has 24 heavy (non-hydrogen) atoms. The molecule has 0 saturated heterocycles. The number of nitrogens with zero attached hydrogens (tertiary/aromatic N) is 2. The Balaban J connectivity index is 1.66. The SMILES string of the molecule is CSc1nc(SC)c2c3c(sc2n1)C[NH+](Cc1ccccc1)CC3. The van der Waals surface area contributed by atoms with Gasteiger partial charge in [0.2, 0.25) is 0 Å². The summed E-state index contributed by atoms with van der Waals surface area (Å²) >= 11 is 5.25. The van der Waals surface area contributed by atoms with Crippen LogP contribution in [0.1, 0.15) is 16.0 Å². The smallest absolute Gasteiger partial charge is 0.189 e. The highest BCUT2D eigenvalue weighted by Gasteiger charge is 2.26. The molecule has 0 saturated carbocycles. The third-order valence-electron chi connectivity index (χ3n) is 4.49. The highest BCUT2D eigenvalue weighted by atomic mass is 32.2. The van der Waals surface area contributed by atoms with Crippen LogP contribution in [0.3, 0.4) is 0 Å². The molecule has 0 fully saturated rings. The summed E-state index contributed by atoms with van der Waals surface area (Å²) in [5.74, 6) is 0. The molecular weight excluding hydrogens is 354 g/mol. The lowest BCUT2D eigenvalue weighted by Gasteiger charge is -2.24. The fourth-order valence-corrected chi connectivity index (χ4v) is 5.79. The summed E-state index contributed by atoms with van der Waals surface area (Å²) in [5, 5.41) is 3.35. The van der Waals surface area contributed by atoms with Crippen LogP contribution in [0.2, 0.25) is 0 Å². The first-order chi connectivity index (χ1) is 11.8. The zero-order valence-corrected chi connectivity index (χ0v) is 16.3. The Labute approximate surface area is 154 Å². The second kappa shape index (κ2) is 7.04. The van der Waals surface area contributed by atoms with E-state index < -0.39 is 0 Å². The fourth-order valence-electron chi connectivity index (χ4n) is 3.35. The number of benzene rings is 1. The summed E-state index contributed by atoms with van der Waals surface area (Å²) in [4.78, 5) is 13.8. The van der Waals surface area contributed by atoms with Crippen LogP contribution in [-0.4, -0.2) is 29.0 Å². The molecule has 2 aromatic heterocycles. The Morgan fingerprint density at radius 3 is 2.71 bits per heavy atom. The molecule has 1 atom stereocenters. The van der Waals surface area contributed by atoms with Crippen LogP contribution < -0.4 is 4.90 Å². The van der Waals surface area contributed by atoms with Gasteiger partial charge in [-0.3, -0.25) is 0 Å². The lowest BCUT2D eigenvalue weighted by atomic mass is 10.0. The van der Waals surface area contributed by atoms with E-state index in [2.05, 4.69) is 36.6 Å². The van der Waals surface area contributed by atoms with Gasteiger partial charge in [0.1, 0.15) is 22.9 Å². The molecule has 1 unspecified atom stereocenters. The number of rotatable bonds is 4. The number of fused-ring (bicyclic) bond motifs is 3. The van der Waals surface area contributed by atoms with E-state index in [1.165, 1.54) is 32.8 Å². The summed E-state index contributed by atoms with van der Waals surface area (Å²) in [6, 6.07) is 10.8. The van der Waals surface area contributed by atoms with Crippen molar-refractivity contribution in [3.05, 3.63) is 46.3 Å². The average Bonchev–Trinajstić information content (AvgIpc) is 2.99. The Morgan fingerprint density at radius 1 is 1.12 bits per heavy atom. The van der Waals surface area contributed by atoms with Crippen molar-refractivity contribution in [3.8, 4) is 0 Å². The molecule has 1 aliphatic heterocycles. The van der Waals surface area contributed by atoms with Crippen molar-refractivity contribution >= 4 is 45.1 Å². The topological polar surface area (TPSA) is 30.2 Å². The predicted molar refractivity (Wildman–Crippen MR) is 104 cm³/mol. The maximum absolute atomic E-state index is 4.76. The summed E-state index contributed by atoms with van der Waals surface area (Å²) in [6.45, 7) is 3.39. The van der Waals surface area contributed by atoms with Crippen molar-refractivity contribution in [1.29, 1.82) is 0 Å². The van der Waals surface area contributed by atoms with Crippen molar-refractivity contribution in [3.63, 3.8) is 0 Å². The first-order valence-corrected chi connectivity index (χ1v) is 11.3. The average molecular weight is 375 g/mol. The van der Waals surface area contributed by atoms with Gasteiger partial charge in [0.15, 0.2) is 5.16 Å². The van der Waals surface area contributed by atoms with Crippen LogP contribution in [0, 0.1) is 0 Å². The maximum Gasteiger partial charge on any atom is 0.189 e. The summed E-state index contributed by atoms with van der Waals surface area (Å²) < 4.78 is 0. The molecule has 3 heterocycles. The Kier molecular flexibility index (Phi) is 4.81. The number of thioether (sulfide) groups is 2. The molecular formula is C18H20N3S3+. The second-order valence-corrected chi connectivity index (χ2v) is 8.64. The summed E-state index contributed by atoms with van der Waals surface area (Å²) in [5.41, 5.74) is 2.93. The van der Waals surface area contributed by atoms with E-state index in [9.17, 15) is 0 Å². The monoisotopic (exact) mass is 374 g/mol. The second-order valence-electron chi connectivity index (χ2n) is 5.99. The van der Waals surface area contributed by atoms with E-state index in [1.807, 2.05) is 17.6 Å². The van der Waals surface area contributed by atoms with E-state index in [-0.39, 0.29) is 0 Å². The minimum Gasteiger partial charge on any atom is -0.326 e. The standard InChI is InChI=1S/C18H19N3S3/c1-22-16-15-13-8-9-21(10-12-6-4-3-5-7-12)11-14(13)24-17(15)20-18(19-16)23-2/h3-7H,8-11H2,1-2H3/p+1. The maximum atomic E-state index is 4.76. The Morgan fingerprint density at radius 2 is 1.96 bits per heavy atom. The molecule has 1 aromatic carbocycles. The van der Waals surface area contributed by atoms with Crippen LogP contribution in [0.4, 0.5) is 0 Å². The van der Waals surface area contributed by atoms with Gasteiger partial charge in [-0.05, 0) is 18.1 Å². The van der Waals surface area contributed by atoms with Gasteiger partial charge in [-0.25, -0.2) is 9.97 Å². The molecule has 0 aliphatic carbocycles. The number of hydrogen-bond acceptors (Lipinski definition) is 5. The van der Waals surface area contributed by atoms with Gasteiger partial charge in [-0.15, -0.1) is 23.1 Å². The van der Waals surface area contributed by atoms with E-state index in [4.69, 9.17) is 9.97 Å². The van der Waals surface area contributed by atoms with Gasteiger partial charge in [0, 0.05) is 17.4 Å². The third-order valence-corrected chi connectivity index (χ3v) is 6.85. The lowest BCUT2D eigenvalue weighted by molar-refractivity contribution is -0.929. The van der Waals surface area contributed by atoms with Crippen molar-refractivity contribution in [2.24, 2.45) is 0 Å². The Hall–Kier alpha value is -1.08. The zero-order chi connectivity index (χ0) is 16.5. The van der Waals surface area contributed by atoms with E-state index in [1.54, 1.807) is 28.4 Å². The van der Waals surface area contributed by atoms with E-state index >= 15 is 0 Å². The zero-order valence-electron chi connectivity index (χ0n) is 13.8. The molecule has 6 heteroatoms. The van der Waals surface area contributed by atoms with E-state index in [0.717, 1.165) is 29.7 Å². The van der Waals surface area contributed by atoms with Crippen LogP contribution in [0.15, 0.2) is 40.5 Å². The van der Waals surface area contributed by atoms with Crippen LogP contribution in [0.25, 0.3) is 10.2 Å². The fraction of sp³-hybridized carbons (Fsp3) is 0.333. The number of thiophene rings is 1. The molecule has 0 radical (unpaired) electrons. The lowest BCUT2D eigenvalue weighted by Crippen LogP contribution is -3.10. The van der Waals surface area contributed by atoms with Crippen LogP contribution in [-0.2, 0) is 19.5 Å². The largest absolute Gasteiger partial charge is 0.326 e. The van der Waals surface area contributed by atoms with Crippen LogP contribution >= 0.6 is 34.9 Å². The van der Waals surface area contributed by atoms with Gasteiger partial charge >= 0.3 is 0 Å². The first kappa shape index (κ1) is 16.4. The van der Waals surface area contributed by atoms with E-state index in [0.29, 0.717) is 0 Å². The molecule has 0 amide bonds. The molecule has 0 bridgehead atoms. The predicted octanol–water partition coefficient (Wildman–Crippen LogP) is 3.28. The molecule has 1 N–H and O–H groups in total.